The molecule has 1 aliphatic heterocycles. The van der Waals surface area contributed by atoms with Crippen molar-refractivity contribution in [2.75, 3.05) is 20.2 Å². The van der Waals surface area contributed by atoms with Crippen LogP contribution in [0.1, 0.15) is 30.0 Å². The van der Waals surface area contributed by atoms with Gasteiger partial charge in [-0.3, -0.25) is 4.90 Å². The second kappa shape index (κ2) is 5.27. The van der Waals surface area contributed by atoms with Gasteiger partial charge in [-0.1, -0.05) is 6.42 Å². The lowest BCUT2D eigenvalue weighted by molar-refractivity contribution is 0.0125. The number of likely N-dealkylation sites (tertiary alicyclic amines) is 1. The first-order chi connectivity index (χ1) is 8.76. The van der Waals surface area contributed by atoms with Gasteiger partial charge in [-0.2, -0.15) is 0 Å². The van der Waals surface area contributed by atoms with Gasteiger partial charge in [-0.15, -0.1) is 11.3 Å². The van der Waals surface area contributed by atoms with E-state index < -0.39 is 0 Å². The minimum Gasteiger partial charge on any atom is -0.381 e. The number of aromatic nitrogens is 1. The van der Waals surface area contributed by atoms with E-state index in [2.05, 4.69) is 22.2 Å². The molecule has 0 aromatic carbocycles. The Kier molecular flexibility index (Phi) is 3.68. The van der Waals surface area contributed by atoms with E-state index in [0.29, 0.717) is 6.10 Å². The Morgan fingerprint density at radius 1 is 1.44 bits per heavy atom. The number of methoxy groups -OCH3 is 1. The average molecular weight is 266 g/mol. The maximum Gasteiger partial charge on any atom is 0.0897 e. The zero-order valence-electron chi connectivity index (χ0n) is 11.3. The first kappa shape index (κ1) is 12.6. The minimum atomic E-state index is 0.492. The summed E-state index contributed by atoms with van der Waals surface area (Å²) in [6.45, 7) is 5.54. The van der Waals surface area contributed by atoms with Crippen molar-refractivity contribution >= 4 is 11.3 Å². The zero-order chi connectivity index (χ0) is 12.5. The summed E-state index contributed by atoms with van der Waals surface area (Å²) in [7, 11) is 1.87. The van der Waals surface area contributed by atoms with Crippen molar-refractivity contribution in [3.63, 3.8) is 0 Å². The van der Waals surface area contributed by atoms with Crippen LogP contribution in [0, 0.1) is 18.8 Å². The molecular formula is C14H22N2OS. The Balaban J connectivity index is 1.63. The van der Waals surface area contributed by atoms with Crippen LogP contribution >= 0.6 is 11.3 Å². The molecule has 2 aliphatic rings. The molecule has 18 heavy (non-hydrogen) atoms. The van der Waals surface area contributed by atoms with E-state index in [0.717, 1.165) is 18.4 Å². The number of thiazole rings is 1. The number of rotatable bonds is 3. The number of nitrogens with zero attached hydrogens (tertiary/aromatic N) is 2. The Labute approximate surface area is 113 Å². The summed E-state index contributed by atoms with van der Waals surface area (Å²) in [6.07, 6.45) is 4.47. The molecule has 4 heteroatoms. The quantitative estimate of drug-likeness (QED) is 0.841. The van der Waals surface area contributed by atoms with Crippen LogP contribution in [0.3, 0.4) is 0 Å². The van der Waals surface area contributed by atoms with Gasteiger partial charge >= 0.3 is 0 Å². The van der Waals surface area contributed by atoms with Crippen molar-refractivity contribution in [2.45, 2.75) is 38.8 Å². The van der Waals surface area contributed by atoms with Crippen LogP contribution in [-0.4, -0.2) is 36.2 Å². The van der Waals surface area contributed by atoms with Crippen molar-refractivity contribution in [1.82, 2.24) is 9.88 Å². The van der Waals surface area contributed by atoms with E-state index >= 15 is 0 Å². The van der Waals surface area contributed by atoms with E-state index in [1.807, 2.05) is 7.11 Å². The first-order valence-electron chi connectivity index (χ1n) is 6.92. The molecule has 3 atom stereocenters. The Morgan fingerprint density at radius 3 is 3.06 bits per heavy atom. The summed E-state index contributed by atoms with van der Waals surface area (Å²) in [6, 6.07) is 0. The third-order valence-electron chi connectivity index (χ3n) is 4.46. The van der Waals surface area contributed by atoms with Crippen molar-refractivity contribution in [3.05, 3.63) is 16.1 Å². The van der Waals surface area contributed by atoms with Crippen LogP contribution in [0.25, 0.3) is 0 Å². The van der Waals surface area contributed by atoms with Crippen LogP contribution in [0.5, 0.6) is 0 Å². The fourth-order valence-corrected chi connectivity index (χ4v) is 4.25. The van der Waals surface area contributed by atoms with E-state index in [9.17, 15) is 0 Å². The molecule has 0 spiro atoms. The topological polar surface area (TPSA) is 25.4 Å². The molecule has 3 rings (SSSR count). The van der Waals surface area contributed by atoms with E-state index in [1.54, 1.807) is 11.3 Å². The summed E-state index contributed by atoms with van der Waals surface area (Å²) in [5.41, 5.74) is 1.24. The standard InChI is InChI=1S/C14H22N2OS/c1-10-15-12(9-18-10)7-16-6-11-4-3-5-14(17-2)13(11)8-16/h9,11,13-14H,3-8H2,1-2H3/t11-,13+,14+/m1/s1. The summed E-state index contributed by atoms with van der Waals surface area (Å²) in [4.78, 5) is 7.15. The van der Waals surface area contributed by atoms with Gasteiger partial charge in [-0.05, 0) is 25.7 Å². The predicted molar refractivity (Wildman–Crippen MR) is 73.8 cm³/mol. The molecule has 1 saturated carbocycles. The Morgan fingerprint density at radius 2 is 2.33 bits per heavy atom. The molecule has 0 amide bonds. The number of hydrogen-bond acceptors (Lipinski definition) is 4. The first-order valence-corrected chi connectivity index (χ1v) is 7.80. The maximum atomic E-state index is 5.67. The molecule has 1 aromatic heterocycles. The van der Waals surface area contributed by atoms with E-state index in [1.165, 1.54) is 43.1 Å². The summed E-state index contributed by atoms with van der Waals surface area (Å²) < 4.78 is 5.67. The fourth-order valence-electron chi connectivity index (χ4n) is 3.64. The number of hydrogen-bond donors (Lipinski definition) is 0. The third kappa shape index (κ3) is 2.46. The normalized spacial score (nSPS) is 32.7. The number of aryl methyl sites for hydroxylation is 1. The van der Waals surface area contributed by atoms with Crippen molar-refractivity contribution < 1.29 is 4.74 Å². The van der Waals surface area contributed by atoms with Gasteiger partial charge in [-0.25, -0.2) is 4.98 Å². The van der Waals surface area contributed by atoms with Crippen molar-refractivity contribution in [3.8, 4) is 0 Å². The number of ether oxygens (including phenoxy) is 1. The lowest BCUT2D eigenvalue weighted by Gasteiger charge is -2.31. The molecule has 0 radical (unpaired) electrons. The summed E-state index contributed by atoms with van der Waals surface area (Å²) >= 11 is 1.76. The van der Waals surface area contributed by atoms with Crippen LogP contribution in [0.2, 0.25) is 0 Å². The van der Waals surface area contributed by atoms with Gasteiger partial charge in [0.1, 0.15) is 0 Å². The van der Waals surface area contributed by atoms with Crippen LogP contribution in [0.4, 0.5) is 0 Å². The lowest BCUT2D eigenvalue weighted by Crippen LogP contribution is -2.33. The third-order valence-corrected chi connectivity index (χ3v) is 5.29. The summed E-state index contributed by atoms with van der Waals surface area (Å²) in [5.74, 6) is 1.60. The predicted octanol–water partition coefficient (Wildman–Crippen LogP) is 2.70. The van der Waals surface area contributed by atoms with Crippen LogP contribution in [0.15, 0.2) is 5.38 Å². The Bertz CT molecular complexity index is 406. The molecular weight excluding hydrogens is 244 g/mol. The van der Waals surface area contributed by atoms with E-state index in [-0.39, 0.29) is 0 Å². The highest BCUT2D eigenvalue weighted by Crippen LogP contribution is 2.38. The highest BCUT2D eigenvalue weighted by Gasteiger charge is 2.40. The van der Waals surface area contributed by atoms with Crippen LogP contribution < -0.4 is 0 Å². The van der Waals surface area contributed by atoms with Gasteiger partial charge in [0.2, 0.25) is 0 Å². The fraction of sp³-hybridized carbons (Fsp3) is 0.786. The average Bonchev–Trinajstić information content (AvgIpc) is 2.94. The molecule has 0 unspecified atom stereocenters. The highest BCUT2D eigenvalue weighted by molar-refractivity contribution is 7.09. The smallest absolute Gasteiger partial charge is 0.0897 e. The summed E-state index contributed by atoms with van der Waals surface area (Å²) in [5, 5.41) is 3.38. The highest BCUT2D eigenvalue weighted by atomic mass is 32.1. The zero-order valence-corrected chi connectivity index (χ0v) is 12.1. The number of fused-ring (bicyclic) bond motifs is 1. The molecule has 100 valence electrons. The Hall–Kier alpha value is -0.450. The van der Waals surface area contributed by atoms with Gasteiger partial charge in [0.05, 0.1) is 16.8 Å². The van der Waals surface area contributed by atoms with Gasteiger partial charge < -0.3 is 4.74 Å². The van der Waals surface area contributed by atoms with Gasteiger partial charge in [0.15, 0.2) is 0 Å². The van der Waals surface area contributed by atoms with E-state index in [4.69, 9.17) is 4.74 Å². The molecule has 0 bridgehead atoms. The second-order valence-electron chi connectivity index (χ2n) is 5.68. The SMILES string of the molecule is CO[C@H]1CCC[C@@H]2CN(Cc3csc(C)n3)C[C@@H]21. The molecule has 1 aliphatic carbocycles. The maximum absolute atomic E-state index is 5.67. The molecule has 3 nitrogen and oxygen atoms in total. The molecule has 1 saturated heterocycles. The molecule has 1 aromatic rings. The molecule has 0 N–H and O–H groups in total. The van der Waals surface area contributed by atoms with Crippen molar-refractivity contribution in [1.29, 1.82) is 0 Å². The van der Waals surface area contributed by atoms with Crippen molar-refractivity contribution in [2.24, 2.45) is 11.8 Å². The molecule has 2 heterocycles. The van der Waals surface area contributed by atoms with Crippen LogP contribution in [-0.2, 0) is 11.3 Å². The lowest BCUT2D eigenvalue weighted by atomic mass is 9.79. The monoisotopic (exact) mass is 266 g/mol. The van der Waals surface area contributed by atoms with Gasteiger partial charge in [0.25, 0.3) is 0 Å². The second-order valence-corrected chi connectivity index (χ2v) is 6.74. The van der Waals surface area contributed by atoms with Gasteiger partial charge in [0, 0.05) is 38.0 Å². The molecule has 2 fully saturated rings. The minimum absolute atomic E-state index is 0.492. The largest absolute Gasteiger partial charge is 0.381 e.